The first kappa shape index (κ1) is 14.3. The van der Waals surface area contributed by atoms with Crippen LogP contribution >= 0.6 is 23.4 Å². The third-order valence-corrected chi connectivity index (χ3v) is 5.95. The van der Waals surface area contributed by atoms with Crippen LogP contribution in [-0.4, -0.2) is 16.5 Å². The second-order valence-corrected chi connectivity index (χ2v) is 7.54. The molecule has 1 N–H and O–H groups in total. The second-order valence-electron chi connectivity index (χ2n) is 6.17. The Balaban J connectivity index is 1.77. The van der Waals surface area contributed by atoms with E-state index in [1.165, 1.54) is 25.7 Å². The van der Waals surface area contributed by atoms with Crippen LogP contribution in [0.25, 0.3) is 0 Å². The molecule has 1 aromatic carbocycles. The van der Waals surface area contributed by atoms with Crippen molar-refractivity contribution in [3.05, 3.63) is 28.8 Å². The molecule has 108 valence electrons. The number of halogens is 1. The number of rotatable bonds is 1. The van der Waals surface area contributed by atoms with Crippen LogP contribution in [0.15, 0.2) is 23.2 Å². The van der Waals surface area contributed by atoms with Crippen molar-refractivity contribution in [3.63, 3.8) is 0 Å². The molecule has 1 aliphatic carbocycles. The van der Waals surface area contributed by atoms with Crippen molar-refractivity contribution < 1.29 is 0 Å². The summed E-state index contributed by atoms with van der Waals surface area (Å²) in [6, 6.07) is 5.98. The number of anilines is 1. The zero-order chi connectivity index (χ0) is 14.2. The Hall–Kier alpha value is -0.670. The molecule has 3 rings (SSSR count). The van der Waals surface area contributed by atoms with Crippen LogP contribution in [0.2, 0.25) is 5.02 Å². The fourth-order valence-electron chi connectivity index (χ4n) is 3.27. The maximum atomic E-state index is 6.17. The van der Waals surface area contributed by atoms with E-state index >= 15 is 0 Å². The highest BCUT2D eigenvalue weighted by Gasteiger charge is 2.39. The summed E-state index contributed by atoms with van der Waals surface area (Å²) in [6.45, 7) is 4.40. The van der Waals surface area contributed by atoms with E-state index in [1.54, 1.807) is 0 Å². The fourth-order valence-corrected chi connectivity index (χ4v) is 4.62. The minimum absolute atomic E-state index is 0.192. The Morgan fingerprint density at radius 2 is 2.30 bits per heavy atom. The molecular weight excluding hydrogens is 288 g/mol. The van der Waals surface area contributed by atoms with Crippen molar-refractivity contribution in [1.29, 1.82) is 0 Å². The fraction of sp³-hybridized carbons (Fsp3) is 0.562. The van der Waals surface area contributed by atoms with E-state index in [1.807, 2.05) is 30.8 Å². The van der Waals surface area contributed by atoms with Gasteiger partial charge in [0.15, 0.2) is 5.17 Å². The largest absolute Gasteiger partial charge is 0.335 e. The van der Waals surface area contributed by atoms with Crippen LogP contribution < -0.4 is 5.32 Å². The summed E-state index contributed by atoms with van der Waals surface area (Å²) in [5.41, 5.74) is 2.36. The van der Waals surface area contributed by atoms with Gasteiger partial charge in [-0.3, -0.25) is 4.99 Å². The van der Waals surface area contributed by atoms with Crippen LogP contribution in [0.3, 0.4) is 0 Å². The first-order valence-corrected chi connectivity index (χ1v) is 8.69. The summed E-state index contributed by atoms with van der Waals surface area (Å²) in [4.78, 5) is 5.02. The molecule has 0 aromatic heterocycles. The molecule has 2 aliphatic rings. The lowest BCUT2D eigenvalue weighted by Crippen LogP contribution is -2.33. The lowest BCUT2D eigenvalue weighted by atomic mass is 9.78. The smallest absolute Gasteiger partial charge is 0.161 e. The van der Waals surface area contributed by atoms with Gasteiger partial charge in [-0.25, -0.2) is 0 Å². The van der Waals surface area contributed by atoms with E-state index in [0.29, 0.717) is 0 Å². The van der Waals surface area contributed by atoms with Gasteiger partial charge in [-0.05, 0) is 43.4 Å². The van der Waals surface area contributed by atoms with Crippen molar-refractivity contribution in [3.8, 4) is 0 Å². The second kappa shape index (κ2) is 5.61. The third-order valence-electron chi connectivity index (χ3n) is 4.39. The maximum absolute atomic E-state index is 6.17. The zero-order valence-electron chi connectivity index (χ0n) is 12.1. The van der Waals surface area contributed by atoms with Gasteiger partial charge in [0.05, 0.1) is 5.54 Å². The maximum Gasteiger partial charge on any atom is 0.161 e. The van der Waals surface area contributed by atoms with Crippen LogP contribution in [0.1, 0.15) is 38.2 Å². The summed E-state index contributed by atoms with van der Waals surface area (Å²) >= 11 is 8.03. The summed E-state index contributed by atoms with van der Waals surface area (Å²) in [5.74, 6) is 1.93. The first-order valence-electron chi connectivity index (χ1n) is 7.33. The van der Waals surface area contributed by atoms with Crippen LogP contribution in [0.5, 0.6) is 0 Å². The molecular formula is C16H21ClN2S. The van der Waals surface area contributed by atoms with Gasteiger partial charge < -0.3 is 5.32 Å². The minimum Gasteiger partial charge on any atom is -0.335 e. The van der Waals surface area contributed by atoms with Gasteiger partial charge in [0.25, 0.3) is 0 Å². The molecule has 1 spiro atoms. The number of thioether (sulfide) groups is 1. The molecule has 0 radical (unpaired) electrons. The van der Waals surface area contributed by atoms with Gasteiger partial charge in [-0.2, -0.15) is 0 Å². The van der Waals surface area contributed by atoms with Crippen molar-refractivity contribution >= 4 is 34.2 Å². The van der Waals surface area contributed by atoms with Crippen molar-refractivity contribution in [2.24, 2.45) is 10.9 Å². The highest BCUT2D eigenvalue weighted by Crippen LogP contribution is 2.42. The average Bonchev–Trinajstić information content (AvgIpc) is 2.77. The molecule has 2 nitrogen and oxygen atoms in total. The topological polar surface area (TPSA) is 24.4 Å². The molecule has 2 unspecified atom stereocenters. The molecule has 1 aromatic rings. The van der Waals surface area contributed by atoms with E-state index in [9.17, 15) is 0 Å². The monoisotopic (exact) mass is 308 g/mol. The van der Waals surface area contributed by atoms with Crippen molar-refractivity contribution in [2.45, 2.75) is 45.1 Å². The van der Waals surface area contributed by atoms with E-state index in [-0.39, 0.29) is 5.54 Å². The highest BCUT2D eigenvalue weighted by molar-refractivity contribution is 8.14. The molecule has 1 aliphatic heterocycles. The Morgan fingerprint density at radius 3 is 3.10 bits per heavy atom. The Morgan fingerprint density at radius 1 is 1.45 bits per heavy atom. The van der Waals surface area contributed by atoms with E-state index in [4.69, 9.17) is 16.6 Å². The van der Waals surface area contributed by atoms with Crippen LogP contribution in [-0.2, 0) is 0 Å². The Kier molecular flexibility index (Phi) is 4.00. The molecule has 4 heteroatoms. The predicted octanol–water partition coefficient (Wildman–Crippen LogP) is 5.11. The van der Waals surface area contributed by atoms with Crippen LogP contribution in [0, 0.1) is 12.8 Å². The van der Waals surface area contributed by atoms with E-state index in [0.717, 1.165) is 33.1 Å². The number of nitrogens with one attached hydrogen (secondary N) is 1. The Bertz CT molecular complexity index is 543. The van der Waals surface area contributed by atoms with Gasteiger partial charge in [-0.15, -0.1) is 0 Å². The normalized spacial score (nSPS) is 29.6. The molecule has 1 saturated carbocycles. The number of amidine groups is 1. The molecule has 1 heterocycles. The SMILES string of the molecule is Cc1c(Cl)cccc1NC1=NC2(CCCC(C)C2)CS1. The van der Waals surface area contributed by atoms with Gasteiger partial charge in [0.2, 0.25) is 0 Å². The van der Waals surface area contributed by atoms with Gasteiger partial charge >= 0.3 is 0 Å². The van der Waals surface area contributed by atoms with E-state index < -0.39 is 0 Å². The summed E-state index contributed by atoms with van der Waals surface area (Å²) in [7, 11) is 0. The number of benzene rings is 1. The minimum atomic E-state index is 0.192. The molecule has 0 bridgehead atoms. The van der Waals surface area contributed by atoms with Crippen molar-refractivity contribution in [1.82, 2.24) is 0 Å². The van der Waals surface area contributed by atoms with Crippen molar-refractivity contribution in [2.75, 3.05) is 11.1 Å². The molecule has 20 heavy (non-hydrogen) atoms. The number of aliphatic imine (C=N–C) groups is 1. The predicted molar refractivity (Wildman–Crippen MR) is 90.1 cm³/mol. The van der Waals surface area contributed by atoms with Gasteiger partial charge in [0, 0.05) is 16.5 Å². The third kappa shape index (κ3) is 2.84. The average molecular weight is 309 g/mol. The summed E-state index contributed by atoms with van der Waals surface area (Å²) < 4.78 is 0. The Labute approximate surface area is 130 Å². The van der Waals surface area contributed by atoms with Crippen LogP contribution in [0.4, 0.5) is 5.69 Å². The number of nitrogens with zero attached hydrogens (tertiary/aromatic N) is 1. The highest BCUT2D eigenvalue weighted by atomic mass is 35.5. The lowest BCUT2D eigenvalue weighted by Gasteiger charge is -2.33. The first-order chi connectivity index (χ1) is 9.58. The van der Waals surface area contributed by atoms with E-state index in [2.05, 4.69) is 18.3 Å². The molecule has 0 saturated heterocycles. The molecule has 2 atom stereocenters. The quantitative estimate of drug-likeness (QED) is 0.779. The number of hydrogen-bond donors (Lipinski definition) is 1. The van der Waals surface area contributed by atoms with Gasteiger partial charge in [0.1, 0.15) is 0 Å². The molecule has 1 fully saturated rings. The zero-order valence-corrected chi connectivity index (χ0v) is 13.7. The van der Waals surface area contributed by atoms with Gasteiger partial charge in [-0.1, -0.05) is 49.2 Å². The summed E-state index contributed by atoms with van der Waals surface area (Å²) in [6.07, 6.45) is 5.15. The molecule has 0 amide bonds. The lowest BCUT2D eigenvalue weighted by molar-refractivity contribution is 0.266. The number of hydrogen-bond acceptors (Lipinski definition) is 3. The summed E-state index contributed by atoms with van der Waals surface area (Å²) in [5, 5.41) is 5.33. The standard InChI is InChI=1S/C16H21ClN2S/c1-11-5-4-8-16(9-11)10-20-15(19-16)18-14-7-3-6-13(17)12(14)2/h3,6-7,11H,4-5,8-10H2,1-2H3,(H,18,19).